The van der Waals surface area contributed by atoms with Crippen molar-refractivity contribution in [2.45, 2.75) is 32.1 Å². The Morgan fingerprint density at radius 2 is 1.89 bits per heavy atom. The average Bonchev–Trinajstić information content (AvgIpc) is 2.40. The topological polar surface area (TPSA) is 3.24 Å². The van der Waals surface area contributed by atoms with E-state index in [0.717, 1.165) is 11.9 Å². The van der Waals surface area contributed by atoms with Crippen molar-refractivity contribution in [1.29, 1.82) is 0 Å². The lowest BCUT2D eigenvalue weighted by Gasteiger charge is -2.39. The monoisotopic (exact) mass is 313 g/mol. The maximum absolute atomic E-state index is 13.8. The molecule has 0 radical (unpaired) electrons. The number of anilines is 1. The third-order valence-electron chi connectivity index (χ3n) is 4.03. The van der Waals surface area contributed by atoms with Gasteiger partial charge in [-0.25, -0.2) is 4.39 Å². The minimum Gasteiger partial charge on any atom is -0.372 e. The van der Waals surface area contributed by atoms with Crippen molar-refractivity contribution in [3.05, 3.63) is 30.1 Å². The summed E-state index contributed by atoms with van der Waals surface area (Å²) in [7, 11) is 2.00. The van der Waals surface area contributed by atoms with Crippen molar-refractivity contribution in [2.75, 3.05) is 23.8 Å². The van der Waals surface area contributed by atoms with Gasteiger partial charge in [-0.1, -0.05) is 47.3 Å². The summed E-state index contributed by atoms with van der Waals surface area (Å²) in [5.41, 5.74) is 1.03. The Hall–Kier alpha value is -0.570. The number of hydrogen-bond donors (Lipinski definition) is 0. The van der Waals surface area contributed by atoms with Crippen LogP contribution in [0.2, 0.25) is 0 Å². The predicted molar refractivity (Wildman–Crippen MR) is 79.0 cm³/mol. The predicted octanol–water partition coefficient (Wildman–Crippen LogP) is 4.61. The summed E-state index contributed by atoms with van der Waals surface area (Å²) in [6, 6.07) is 7.04. The Morgan fingerprint density at radius 3 is 2.50 bits per heavy atom. The molecule has 0 bridgehead atoms. The van der Waals surface area contributed by atoms with Gasteiger partial charge in [-0.15, -0.1) is 0 Å². The molecule has 0 N–H and O–H groups in total. The zero-order valence-electron chi connectivity index (χ0n) is 11.0. The highest BCUT2D eigenvalue weighted by Gasteiger charge is 2.32. The molecule has 3 heteroatoms. The fourth-order valence-electron chi connectivity index (χ4n) is 2.99. The van der Waals surface area contributed by atoms with Crippen LogP contribution in [-0.2, 0) is 0 Å². The number of alkyl halides is 1. The minimum absolute atomic E-state index is 0.125. The first-order valence-corrected chi connectivity index (χ1v) is 7.81. The Morgan fingerprint density at radius 1 is 1.22 bits per heavy atom. The van der Waals surface area contributed by atoms with Gasteiger partial charge in [-0.3, -0.25) is 0 Å². The zero-order valence-corrected chi connectivity index (χ0v) is 12.5. The quantitative estimate of drug-likeness (QED) is 0.734. The highest BCUT2D eigenvalue weighted by Crippen LogP contribution is 2.39. The second kappa shape index (κ2) is 6.05. The van der Waals surface area contributed by atoms with Crippen LogP contribution in [0.3, 0.4) is 0 Å². The Kier molecular flexibility index (Phi) is 4.66. The molecule has 1 fully saturated rings. The fourth-order valence-corrected chi connectivity index (χ4v) is 3.72. The van der Waals surface area contributed by atoms with Crippen molar-refractivity contribution in [1.82, 2.24) is 0 Å². The SMILES string of the molecule is CN(CC1(CBr)CCCCC1)c1ccccc1F. The van der Waals surface area contributed by atoms with Crippen LogP contribution in [0.15, 0.2) is 24.3 Å². The summed E-state index contributed by atoms with van der Waals surface area (Å²) >= 11 is 3.67. The van der Waals surface area contributed by atoms with E-state index in [9.17, 15) is 4.39 Å². The molecule has 1 aromatic rings. The molecule has 1 aliphatic rings. The van der Waals surface area contributed by atoms with E-state index in [4.69, 9.17) is 0 Å². The standard InChI is InChI=1S/C15H21BrFN/c1-18(14-8-4-3-7-13(14)17)12-15(11-16)9-5-2-6-10-15/h3-4,7-8H,2,5-6,9-12H2,1H3. The van der Waals surface area contributed by atoms with Crippen LogP contribution >= 0.6 is 15.9 Å². The molecule has 1 aliphatic carbocycles. The van der Waals surface area contributed by atoms with Crippen molar-refractivity contribution >= 4 is 21.6 Å². The third-order valence-corrected chi connectivity index (χ3v) is 5.22. The smallest absolute Gasteiger partial charge is 0.146 e. The average molecular weight is 314 g/mol. The minimum atomic E-state index is -0.125. The highest BCUT2D eigenvalue weighted by atomic mass is 79.9. The zero-order chi connectivity index (χ0) is 13.0. The molecule has 0 atom stereocenters. The van der Waals surface area contributed by atoms with E-state index < -0.39 is 0 Å². The number of hydrogen-bond acceptors (Lipinski definition) is 1. The summed E-state index contributed by atoms with van der Waals surface area (Å²) in [5.74, 6) is -0.125. The van der Waals surface area contributed by atoms with Crippen molar-refractivity contribution < 1.29 is 4.39 Å². The maximum atomic E-state index is 13.8. The van der Waals surface area contributed by atoms with Gasteiger partial charge in [0, 0.05) is 18.9 Å². The third kappa shape index (κ3) is 3.05. The molecule has 18 heavy (non-hydrogen) atoms. The number of para-hydroxylation sites is 1. The van der Waals surface area contributed by atoms with Crippen LogP contribution in [-0.4, -0.2) is 18.9 Å². The van der Waals surface area contributed by atoms with E-state index in [1.165, 1.54) is 38.2 Å². The second-order valence-electron chi connectivity index (χ2n) is 5.50. The molecule has 0 amide bonds. The normalized spacial score (nSPS) is 18.6. The van der Waals surface area contributed by atoms with Gasteiger partial charge in [0.25, 0.3) is 0 Å². The van der Waals surface area contributed by atoms with E-state index in [0.29, 0.717) is 11.1 Å². The molecule has 100 valence electrons. The molecular weight excluding hydrogens is 293 g/mol. The van der Waals surface area contributed by atoms with Gasteiger partial charge in [-0.05, 0) is 30.4 Å². The van der Waals surface area contributed by atoms with Gasteiger partial charge in [0.15, 0.2) is 0 Å². The van der Waals surface area contributed by atoms with Gasteiger partial charge in [0.2, 0.25) is 0 Å². The molecule has 2 rings (SSSR count). The number of rotatable bonds is 4. The van der Waals surface area contributed by atoms with E-state index in [1.54, 1.807) is 6.07 Å². The summed E-state index contributed by atoms with van der Waals surface area (Å²) in [6.45, 7) is 0.930. The van der Waals surface area contributed by atoms with Gasteiger partial charge < -0.3 is 4.90 Å². The van der Waals surface area contributed by atoms with E-state index in [-0.39, 0.29) is 5.82 Å². The molecule has 1 saturated carbocycles. The van der Waals surface area contributed by atoms with E-state index >= 15 is 0 Å². The number of halogens is 2. The first-order chi connectivity index (χ1) is 8.67. The van der Waals surface area contributed by atoms with Crippen LogP contribution in [0.1, 0.15) is 32.1 Å². The van der Waals surface area contributed by atoms with Gasteiger partial charge in [0.1, 0.15) is 5.82 Å². The van der Waals surface area contributed by atoms with Crippen LogP contribution in [0.25, 0.3) is 0 Å². The summed E-state index contributed by atoms with van der Waals surface area (Å²) in [5, 5.41) is 1.01. The first kappa shape index (κ1) is 13.9. The van der Waals surface area contributed by atoms with Gasteiger partial charge in [-0.2, -0.15) is 0 Å². The molecule has 0 saturated heterocycles. The molecule has 0 spiro atoms. The van der Waals surface area contributed by atoms with Gasteiger partial charge in [0.05, 0.1) is 5.69 Å². The molecule has 0 unspecified atom stereocenters. The highest BCUT2D eigenvalue weighted by molar-refractivity contribution is 9.09. The lowest BCUT2D eigenvalue weighted by Crippen LogP contribution is -2.39. The Balaban J connectivity index is 2.10. The molecule has 0 aromatic heterocycles. The van der Waals surface area contributed by atoms with Crippen molar-refractivity contribution in [3.8, 4) is 0 Å². The fraction of sp³-hybridized carbons (Fsp3) is 0.600. The maximum Gasteiger partial charge on any atom is 0.146 e. The molecular formula is C15H21BrFN. The lowest BCUT2D eigenvalue weighted by molar-refractivity contribution is 0.231. The van der Waals surface area contributed by atoms with E-state index in [2.05, 4.69) is 20.8 Å². The molecule has 1 nitrogen and oxygen atoms in total. The second-order valence-corrected chi connectivity index (χ2v) is 6.06. The van der Waals surface area contributed by atoms with E-state index in [1.807, 2.05) is 19.2 Å². The number of benzene rings is 1. The number of nitrogens with zero attached hydrogens (tertiary/aromatic N) is 1. The summed E-state index contributed by atoms with van der Waals surface area (Å²) in [6.07, 6.45) is 6.44. The molecule has 1 aromatic carbocycles. The van der Waals surface area contributed by atoms with Crippen LogP contribution in [0.5, 0.6) is 0 Å². The first-order valence-electron chi connectivity index (χ1n) is 6.68. The summed E-state index contributed by atoms with van der Waals surface area (Å²) < 4.78 is 13.8. The largest absolute Gasteiger partial charge is 0.372 e. The van der Waals surface area contributed by atoms with Crippen molar-refractivity contribution in [2.24, 2.45) is 5.41 Å². The lowest BCUT2D eigenvalue weighted by atomic mass is 9.75. The van der Waals surface area contributed by atoms with Crippen LogP contribution < -0.4 is 4.90 Å². The van der Waals surface area contributed by atoms with Crippen LogP contribution in [0.4, 0.5) is 10.1 Å². The Labute approximate surface area is 118 Å². The van der Waals surface area contributed by atoms with Crippen molar-refractivity contribution in [3.63, 3.8) is 0 Å². The van der Waals surface area contributed by atoms with Crippen LogP contribution in [0, 0.1) is 11.2 Å². The Bertz CT molecular complexity index is 388. The molecule has 0 aliphatic heterocycles. The van der Waals surface area contributed by atoms with Gasteiger partial charge >= 0.3 is 0 Å². The summed E-state index contributed by atoms with van der Waals surface area (Å²) in [4.78, 5) is 2.07. The molecule has 0 heterocycles.